The van der Waals surface area contributed by atoms with Gasteiger partial charge in [0.25, 0.3) is 5.91 Å². The zero-order chi connectivity index (χ0) is 20.2. The first kappa shape index (κ1) is 20.2. The second-order valence-corrected chi connectivity index (χ2v) is 8.66. The Balaban J connectivity index is 1.28. The Morgan fingerprint density at radius 1 is 0.931 bits per heavy atom. The fraction of sp³-hybridized carbons (Fsp3) is 0.636. The average Bonchev–Trinajstić information content (AvgIpc) is 3.26. The Kier molecular flexibility index (Phi) is 6.35. The van der Waals surface area contributed by atoms with Gasteiger partial charge in [0.15, 0.2) is 0 Å². The highest BCUT2D eigenvalue weighted by Crippen LogP contribution is 2.20. The highest BCUT2D eigenvalue weighted by Gasteiger charge is 2.31. The molecule has 7 nitrogen and oxygen atoms in total. The van der Waals surface area contributed by atoms with E-state index in [1.54, 1.807) is 0 Å². The number of benzene rings is 1. The highest BCUT2D eigenvalue weighted by atomic mass is 16.2. The molecule has 3 fully saturated rings. The molecule has 29 heavy (non-hydrogen) atoms. The fourth-order valence-electron chi connectivity index (χ4n) is 4.56. The number of hydrogen-bond donors (Lipinski definition) is 2. The number of piperidine rings is 1. The Hall–Kier alpha value is -2.12. The molecule has 1 aromatic carbocycles. The third-order valence-corrected chi connectivity index (χ3v) is 6.57. The van der Waals surface area contributed by atoms with E-state index < -0.39 is 0 Å². The summed E-state index contributed by atoms with van der Waals surface area (Å²) >= 11 is 0. The summed E-state index contributed by atoms with van der Waals surface area (Å²) in [5, 5.41) is 6.37. The Labute approximate surface area is 173 Å². The predicted octanol–water partition coefficient (Wildman–Crippen LogP) is 2.07. The van der Waals surface area contributed by atoms with Crippen LogP contribution in [0.15, 0.2) is 24.3 Å². The van der Waals surface area contributed by atoms with Gasteiger partial charge in [-0.25, -0.2) is 4.79 Å². The van der Waals surface area contributed by atoms with Gasteiger partial charge in [-0.3, -0.25) is 9.69 Å². The molecular weight excluding hydrogens is 366 g/mol. The molecule has 158 valence electrons. The lowest BCUT2D eigenvalue weighted by Gasteiger charge is -2.32. The van der Waals surface area contributed by atoms with Crippen LogP contribution in [-0.4, -0.2) is 85.0 Å². The number of rotatable bonds is 3. The number of anilines is 1. The summed E-state index contributed by atoms with van der Waals surface area (Å²) in [5.74, 6) is 0.793. The molecule has 0 saturated carbocycles. The van der Waals surface area contributed by atoms with Crippen LogP contribution in [0.25, 0.3) is 0 Å². The number of carbonyl (C=O) groups is 2. The molecule has 3 heterocycles. The van der Waals surface area contributed by atoms with Crippen LogP contribution in [0.5, 0.6) is 0 Å². The summed E-state index contributed by atoms with van der Waals surface area (Å²) in [7, 11) is 0. The van der Waals surface area contributed by atoms with Crippen molar-refractivity contribution in [3.8, 4) is 0 Å². The molecule has 0 bridgehead atoms. The van der Waals surface area contributed by atoms with Gasteiger partial charge in [-0.05, 0) is 49.4 Å². The molecule has 2 N–H and O–H groups in total. The van der Waals surface area contributed by atoms with Crippen LogP contribution in [0.1, 0.15) is 36.5 Å². The lowest BCUT2D eigenvalue weighted by Crippen LogP contribution is -2.49. The van der Waals surface area contributed by atoms with Gasteiger partial charge in [-0.15, -0.1) is 0 Å². The van der Waals surface area contributed by atoms with E-state index in [1.807, 2.05) is 34.1 Å². The van der Waals surface area contributed by atoms with E-state index in [0.29, 0.717) is 17.5 Å². The SMILES string of the molecule is CC1CCN(C(=O)c2ccc(NC(=O)N3CCC(N4CCNCC4)C3)cc2)CC1. The predicted molar refractivity (Wildman–Crippen MR) is 114 cm³/mol. The van der Waals surface area contributed by atoms with Crippen molar-refractivity contribution in [3.63, 3.8) is 0 Å². The van der Waals surface area contributed by atoms with Gasteiger partial charge in [-0.2, -0.15) is 0 Å². The smallest absolute Gasteiger partial charge is 0.321 e. The van der Waals surface area contributed by atoms with Gasteiger partial charge >= 0.3 is 6.03 Å². The molecule has 0 spiro atoms. The largest absolute Gasteiger partial charge is 0.339 e. The zero-order valence-corrected chi connectivity index (χ0v) is 17.4. The number of nitrogens with zero attached hydrogens (tertiary/aromatic N) is 3. The summed E-state index contributed by atoms with van der Waals surface area (Å²) in [6.07, 6.45) is 3.19. The van der Waals surface area contributed by atoms with Crippen molar-refractivity contribution in [1.29, 1.82) is 0 Å². The standard InChI is InChI=1S/C22H33N5O2/c1-17-6-11-26(12-7-17)21(28)18-2-4-19(5-3-18)24-22(29)27-13-8-20(16-27)25-14-9-23-10-15-25/h2-5,17,20,23H,6-16H2,1H3,(H,24,29). The summed E-state index contributed by atoms with van der Waals surface area (Å²) in [6, 6.07) is 7.73. The maximum atomic E-state index is 12.7. The molecule has 4 rings (SSSR count). The Morgan fingerprint density at radius 3 is 2.28 bits per heavy atom. The minimum atomic E-state index is -0.0493. The van der Waals surface area contributed by atoms with Crippen LogP contribution in [0.2, 0.25) is 0 Å². The molecule has 1 unspecified atom stereocenters. The number of carbonyl (C=O) groups excluding carboxylic acids is 2. The molecule has 7 heteroatoms. The number of amides is 3. The van der Waals surface area contributed by atoms with Gasteiger partial charge in [0, 0.05) is 69.7 Å². The molecule has 3 aliphatic rings. The second kappa shape index (κ2) is 9.13. The van der Waals surface area contributed by atoms with Gasteiger partial charge in [0.05, 0.1) is 0 Å². The van der Waals surface area contributed by atoms with E-state index in [4.69, 9.17) is 0 Å². The van der Waals surface area contributed by atoms with Crippen molar-refractivity contribution in [3.05, 3.63) is 29.8 Å². The number of hydrogen-bond acceptors (Lipinski definition) is 4. The zero-order valence-electron chi connectivity index (χ0n) is 17.4. The van der Waals surface area contributed by atoms with Crippen LogP contribution < -0.4 is 10.6 Å². The summed E-state index contributed by atoms with van der Waals surface area (Å²) in [6.45, 7) is 9.68. The normalized spacial score (nSPS) is 24.0. The minimum Gasteiger partial charge on any atom is -0.339 e. The minimum absolute atomic E-state index is 0.0493. The van der Waals surface area contributed by atoms with Crippen LogP contribution >= 0.6 is 0 Å². The summed E-state index contributed by atoms with van der Waals surface area (Å²) in [5.41, 5.74) is 1.43. The van der Waals surface area contributed by atoms with E-state index in [9.17, 15) is 9.59 Å². The van der Waals surface area contributed by atoms with Crippen molar-refractivity contribution in [2.24, 2.45) is 5.92 Å². The third kappa shape index (κ3) is 4.90. The number of nitrogens with one attached hydrogen (secondary N) is 2. The first-order chi connectivity index (χ1) is 14.1. The van der Waals surface area contributed by atoms with Crippen LogP contribution in [0, 0.1) is 5.92 Å². The molecule has 3 aliphatic heterocycles. The molecular formula is C22H33N5O2. The summed E-state index contributed by atoms with van der Waals surface area (Å²) < 4.78 is 0. The maximum absolute atomic E-state index is 12.7. The van der Waals surface area contributed by atoms with Crippen LogP contribution in [-0.2, 0) is 0 Å². The second-order valence-electron chi connectivity index (χ2n) is 8.66. The molecule has 1 atom stereocenters. The van der Waals surface area contributed by atoms with Crippen molar-refractivity contribution in [2.75, 3.05) is 57.7 Å². The monoisotopic (exact) mass is 399 g/mol. The molecule has 0 aromatic heterocycles. The average molecular weight is 400 g/mol. The first-order valence-electron chi connectivity index (χ1n) is 11.0. The number of urea groups is 1. The van der Waals surface area contributed by atoms with Crippen molar-refractivity contribution < 1.29 is 9.59 Å². The van der Waals surface area contributed by atoms with E-state index in [1.165, 1.54) is 0 Å². The Bertz CT molecular complexity index is 708. The van der Waals surface area contributed by atoms with Crippen molar-refractivity contribution >= 4 is 17.6 Å². The quantitative estimate of drug-likeness (QED) is 0.817. The molecule has 1 aromatic rings. The molecule has 3 saturated heterocycles. The topological polar surface area (TPSA) is 67.9 Å². The van der Waals surface area contributed by atoms with Crippen molar-refractivity contribution in [1.82, 2.24) is 20.0 Å². The number of piperazine rings is 1. The van der Waals surface area contributed by atoms with E-state index in [0.717, 1.165) is 77.3 Å². The van der Waals surface area contributed by atoms with Gasteiger partial charge in [0.1, 0.15) is 0 Å². The lowest BCUT2D eigenvalue weighted by molar-refractivity contribution is 0.0697. The Morgan fingerprint density at radius 2 is 1.59 bits per heavy atom. The van der Waals surface area contributed by atoms with E-state index in [-0.39, 0.29) is 11.9 Å². The highest BCUT2D eigenvalue weighted by molar-refractivity contribution is 5.95. The van der Waals surface area contributed by atoms with Crippen LogP contribution in [0.4, 0.5) is 10.5 Å². The first-order valence-corrected chi connectivity index (χ1v) is 11.0. The number of likely N-dealkylation sites (tertiary alicyclic amines) is 2. The van der Waals surface area contributed by atoms with E-state index in [2.05, 4.69) is 22.5 Å². The summed E-state index contributed by atoms with van der Waals surface area (Å²) in [4.78, 5) is 31.6. The molecule has 0 radical (unpaired) electrons. The maximum Gasteiger partial charge on any atom is 0.321 e. The van der Waals surface area contributed by atoms with Gasteiger partial charge in [0.2, 0.25) is 0 Å². The third-order valence-electron chi connectivity index (χ3n) is 6.57. The van der Waals surface area contributed by atoms with Gasteiger partial charge < -0.3 is 20.4 Å². The van der Waals surface area contributed by atoms with Gasteiger partial charge in [-0.1, -0.05) is 6.92 Å². The molecule has 3 amide bonds. The fourth-order valence-corrected chi connectivity index (χ4v) is 4.56. The lowest BCUT2D eigenvalue weighted by atomic mass is 9.98. The molecule has 0 aliphatic carbocycles. The van der Waals surface area contributed by atoms with Crippen molar-refractivity contribution in [2.45, 2.75) is 32.2 Å². The van der Waals surface area contributed by atoms with E-state index >= 15 is 0 Å². The van der Waals surface area contributed by atoms with Crippen LogP contribution in [0.3, 0.4) is 0 Å².